The minimum atomic E-state index is -0.236. The quantitative estimate of drug-likeness (QED) is 0.823. The molecule has 0 spiro atoms. The summed E-state index contributed by atoms with van der Waals surface area (Å²) in [7, 11) is 1.65. The van der Waals surface area contributed by atoms with Crippen LogP contribution in [0.25, 0.3) is 0 Å². The first kappa shape index (κ1) is 13.8. The van der Waals surface area contributed by atoms with E-state index in [1.165, 1.54) is 0 Å². The maximum atomic E-state index is 12.1. The van der Waals surface area contributed by atoms with Crippen molar-refractivity contribution < 1.29 is 14.3 Å². The number of rotatable bonds is 5. The monoisotopic (exact) mass is 265 g/mol. The summed E-state index contributed by atoms with van der Waals surface area (Å²) < 4.78 is 10.6. The molecule has 1 aromatic heterocycles. The van der Waals surface area contributed by atoms with Gasteiger partial charge in [-0.1, -0.05) is 0 Å². The lowest BCUT2D eigenvalue weighted by atomic mass is 10.2. The van der Waals surface area contributed by atoms with Gasteiger partial charge in [-0.15, -0.1) is 0 Å². The topological polar surface area (TPSA) is 72.5 Å². The summed E-state index contributed by atoms with van der Waals surface area (Å²) >= 11 is 0. The highest BCUT2D eigenvalue weighted by atomic mass is 16.5. The zero-order chi connectivity index (χ0) is 13.7. The van der Waals surface area contributed by atoms with E-state index in [1.54, 1.807) is 25.4 Å². The number of amides is 1. The van der Waals surface area contributed by atoms with Crippen LogP contribution in [0.4, 0.5) is 5.69 Å². The Kier molecular flexibility index (Phi) is 4.70. The number of ether oxygens (including phenoxy) is 2. The van der Waals surface area contributed by atoms with Crippen LogP contribution < -0.4 is 15.4 Å². The fourth-order valence-corrected chi connectivity index (χ4v) is 2.04. The van der Waals surface area contributed by atoms with Gasteiger partial charge >= 0.3 is 0 Å². The van der Waals surface area contributed by atoms with Crippen LogP contribution in [0.5, 0.6) is 5.88 Å². The number of methoxy groups -OCH3 is 1. The minimum absolute atomic E-state index is 0.0893. The summed E-state index contributed by atoms with van der Waals surface area (Å²) in [5.41, 5.74) is 0.594. The molecule has 2 N–H and O–H groups in total. The maximum absolute atomic E-state index is 12.1. The molecule has 1 aliphatic rings. The molecule has 19 heavy (non-hydrogen) atoms. The Balaban J connectivity index is 1.99. The smallest absolute Gasteiger partial charge is 0.241 e. The Bertz CT molecular complexity index is 439. The summed E-state index contributed by atoms with van der Waals surface area (Å²) in [5.74, 6) is 0.355. The molecule has 1 amide bonds. The Morgan fingerprint density at radius 1 is 1.63 bits per heavy atom. The van der Waals surface area contributed by atoms with E-state index in [9.17, 15) is 4.79 Å². The van der Waals surface area contributed by atoms with E-state index >= 15 is 0 Å². The second-order valence-electron chi connectivity index (χ2n) is 4.33. The van der Waals surface area contributed by atoms with E-state index in [0.717, 1.165) is 0 Å². The highest BCUT2D eigenvalue weighted by molar-refractivity contribution is 5.96. The normalized spacial score (nSPS) is 22.2. The number of hydrogen-bond donors (Lipinski definition) is 2. The number of nitrogens with one attached hydrogen (secondary N) is 2. The molecule has 6 heteroatoms. The molecule has 0 saturated carbocycles. The van der Waals surface area contributed by atoms with Crippen LogP contribution in [0.1, 0.15) is 13.3 Å². The van der Waals surface area contributed by atoms with Gasteiger partial charge in [-0.05, 0) is 25.5 Å². The lowest BCUT2D eigenvalue weighted by Gasteiger charge is -2.13. The number of nitrogens with zero attached hydrogens (tertiary/aromatic N) is 1. The van der Waals surface area contributed by atoms with Crippen LogP contribution in [0.15, 0.2) is 18.3 Å². The molecule has 6 nitrogen and oxygen atoms in total. The molecule has 0 aliphatic carbocycles. The Labute approximate surface area is 112 Å². The molecule has 1 aromatic rings. The summed E-state index contributed by atoms with van der Waals surface area (Å²) in [6, 6.07) is 3.30. The molecule has 1 fully saturated rings. The Morgan fingerprint density at radius 2 is 2.47 bits per heavy atom. The third kappa shape index (κ3) is 3.42. The maximum Gasteiger partial charge on any atom is 0.241 e. The Morgan fingerprint density at radius 3 is 3.16 bits per heavy atom. The highest BCUT2D eigenvalue weighted by Crippen LogP contribution is 2.21. The first-order valence-electron chi connectivity index (χ1n) is 6.39. The highest BCUT2D eigenvalue weighted by Gasteiger charge is 2.29. The number of hydrogen-bond acceptors (Lipinski definition) is 5. The minimum Gasteiger partial charge on any atom is -0.476 e. The molecular weight excluding hydrogens is 246 g/mol. The van der Waals surface area contributed by atoms with Crippen molar-refractivity contribution in [3.63, 3.8) is 0 Å². The molecule has 1 saturated heterocycles. The third-order valence-electron chi connectivity index (χ3n) is 3.05. The predicted molar refractivity (Wildman–Crippen MR) is 71.2 cm³/mol. The van der Waals surface area contributed by atoms with Crippen LogP contribution in [0.3, 0.4) is 0 Å². The van der Waals surface area contributed by atoms with Crippen LogP contribution >= 0.6 is 0 Å². The van der Waals surface area contributed by atoms with Crippen LogP contribution in [0.2, 0.25) is 0 Å². The van der Waals surface area contributed by atoms with Gasteiger partial charge < -0.3 is 20.1 Å². The average Bonchev–Trinajstić information content (AvgIpc) is 2.90. The second kappa shape index (κ2) is 6.49. The van der Waals surface area contributed by atoms with Crippen LogP contribution in [-0.2, 0) is 9.53 Å². The zero-order valence-corrected chi connectivity index (χ0v) is 11.2. The van der Waals surface area contributed by atoms with Crippen LogP contribution in [-0.4, -0.2) is 43.3 Å². The van der Waals surface area contributed by atoms with E-state index in [0.29, 0.717) is 31.1 Å². The lowest BCUT2D eigenvalue weighted by Crippen LogP contribution is -2.35. The fourth-order valence-electron chi connectivity index (χ4n) is 2.04. The first-order chi connectivity index (χ1) is 9.24. The van der Waals surface area contributed by atoms with Crippen molar-refractivity contribution in [2.24, 2.45) is 0 Å². The molecule has 0 bridgehead atoms. The molecule has 2 rings (SSSR count). The largest absolute Gasteiger partial charge is 0.476 e. The number of anilines is 1. The number of pyridine rings is 1. The van der Waals surface area contributed by atoms with Crippen molar-refractivity contribution in [3.05, 3.63) is 18.3 Å². The van der Waals surface area contributed by atoms with E-state index < -0.39 is 0 Å². The fraction of sp³-hybridized carbons (Fsp3) is 0.538. The lowest BCUT2D eigenvalue weighted by molar-refractivity contribution is -0.118. The van der Waals surface area contributed by atoms with Crippen molar-refractivity contribution in [2.75, 3.05) is 25.6 Å². The number of carbonyl (C=O) groups is 1. The van der Waals surface area contributed by atoms with Gasteiger partial charge in [0, 0.05) is 19.9 Å². The van der Waals surface area contributed by atoms with Gasteiger partial charge in [0.2, 0.25) is 11.8 Å². The molecule has 0 radical (unpaired) electrons. The van der Waals surface area contributed by atoms with E-state index in [4.69, 9.17) is 9.47 Å². The summed E-state index contributed by atoms with van der Waals surface area (Å²) in [6.07, 6.45) is 2.40. The van der Waals surface area contributed by atoms with Crippen molar-refractivity contribution in [1.29, 1.82) is 0 Å². The van der Waals surface area contributed by atoms with Gasteiger partial charge in [0.05, 0.1) is 18.8 Å². The number of carbonyl (C=O) groups excluding carboxylic acids is 1. The average molecular weight is 265 g/mol. The first-order valence-corrected chi connectivity index (χ1v) is 6.39. The van der Waals surface area contributed by atoms with E-state index in [1.807, 2.05) is 6.92 Å². The van der Waals surface area contributed by atoms with Crippen molar-refractivity contribution >= 4 is 11.6 Å². The van der Waals surface area contributed by atoms with E-state index in [-0.39, 0.29) is 18.1 Å². The third-order valence-corrected chi connectivity index (χ3v) is 3.05. The summed E-state index contributed by atoms with van der Waals surface area (Å²) in [5, 5.41) is 5.97. The second-order valence-corrected chi connectivity index (χ2v) is 4.33. The van der Waals surface area contributed by atoms with Gasteiger partial charge in [-0.25, -0.2) is 4.98 Å². The molecule has 104 valence electrons. The van der Waals surface area contributed by atoms with Gasteiger partial charge in [0.1, 0.15) is 5.69 Å². The predicted octanol–water partition coefficient (Wildman–Crippen LogP) is 0.796. The van der Waals surface area contributed by atoms with E-state index in [2.05, 4.69) is 15.6 Å². The summed E-state index contributed by atoms with van der Waals surface area (Å²) in [6.45, 7) is 3.08. The van der Waals surface area contributed by atoms with Gasteiger partial charge in [-0.2, -0.15) is 0 Å². The van der Waals surface area contributed by atoms with Gasteiger partial charge in [0.15, 0.2) is 0 Å². The molecule has 2 unspecified atom stereocenters. The molecule has 1 aliphatic heterocycles. The van der Waals surface area contributed by atoms with Gasteiger partial charge in [0.25, 0.3) is 0 Å². The molecule has 0 aromatic carbocycles. The van der Waals surface area contributed by atoms with Crippen molar-refractivity contribution in [1.82, 2.24) is 10.3 Å². The Hall–Kier alpha value is -1.66. The van der Waals surface area contributed by atoms with Crippen molar-refractivity contribution in [2.45, 2.75) is 25.5 Å². The van der Waals surface area contributed by atoms with Gasteiger partial charge in [-0.3, -0.25) is 4.79 Å². The van der Waals surface area contributed by atoms with Crippen molar-refractivity contribution in [3.8, 4) is 5.88 Å². The molecule has 2 atom stereocenters. The summed E-state index contributed by atoms with van der Waals surface area (Å²) in [4.78, 5) is 16.2. The SMILES string of the molecule is CCOc1ncccc1NC(=O)C1CC(OC)CN1. The zero-order valence-electron chi connectivity index (χ0n) is 11.2. The van der Waals surface area contributed by atoms with Crippen LogP contribution in [0, 0.1) is 0 Å². The number of aromatic nitrogens is 1. The standard InChI is InChI=1S/C13H19N3O3/c1-3-19-13-10(5-4-6-14-13)16-12(17)11-7-9(18-2)8-15-11/h4-6,9,11,15H,3,7-8H2,1-2H3,(H,16,17). The molecular formula is C13H19N3O3. The molecule has 2 heterocycles.